The molecule has 3 aliphatic rings. The first kappa shape index (κ1) is 24.0. The van der Waals surface area contributed by atoms with Gasteiger partial charge in [0.1, 0.15) is 12.1 Å². The molecule has 33 heavy (non-hydrogen) atoms. The SMILES string of the molecule is O=C1C(=O)C(N[C@@H]2CCCC[C@H]2N2CCCC2)C1Nc1cc(C(F)(F)F)cc(C(F)(F)F)c1. The van der Waals surface area contributed by atoms with E-state index in [-0.39, 0.29) is 18.2 Å². The second-order valence-corrected chi connectivity index (χ2v) is 8.99. The Kier molecular flexibility index (Phi) is 6.47. The minimum Gasteiger partial charge on any atom is -0.373 e. The van der Waals surface area contributed by atoms with Crippen LogP contribution in [0.25, 0.3) is 0 Å². The molecule has 2 aliphatic carbocycles. The summed E-state index contributed by atoms with van der Waals surface area (Å²) in [7, 11) is 0. The minimum absolute atomic E-state index is 0.0251. The van der Waals surface area contributed by atoms with Gasteiger partial charge in [0.15, 0.2) is 0 Å². The molecule has 5 nitrogen and oxygen atoms in total. The fourth-order valence-corrected chi connectivity index (χ4v) is 5.10. The molecule has 1 saturated heterocycles. The number of anilines is 1. The third-order valence-corrected chi connectivity index (χ3v) is 6.78. The van der Waals surface area contributed by atoms with E-state index < -0.39 is 52.8 Å². The number of benzene rings is 1. The van der Waals surface area contributed by atoms with Gasteiger partial charge >= 0.3 is 12.4 Å². The molecule has 4 atom stereocenters. The summed E-state index contributed by atoms with van der Waals surface area (Å²) in [5, 5.41) is 5.66. The van der Waals surface area contributed by atoms with Crippen molar-refractivity contribution < 1.29 is 35.9 Å². The molecule has 1 aromatic rings. The van der Waals surface area contributed by atoms with Gasteiger partial charge in [0, 0.05) is 17.8 Å². The van der Waals surface area contributed by atoms with E-state index in [2.05, 4.69) is 15.5 Å². The Bertz CT molecular complexity index is 878. The summed E-state index contributed by atoms with van der Waals surface area (Å²) in [5.74, 6) is -1.56. The predicted molar refractivity (Wildman–Crippen MR) is 108 cm³/mol. The second kappa shape index (κ2) is 8.90. The molecular weight excluding hydrogens is 452 g/mol. The highest BCUT2D eigenvalue weighted by Gasteiger charge is 2.51. The average molecular weight is 477 g/mol. The zero-order valence-electron chi connectivity index (χ0n) is 17.7. The van der Waals surface area contributed by atoms with E-state index in [0.29, 0.717) is 12.1 Å². The Morgan fingerprint density at radius 2 is 1.30 bits per heavy atom. The van der Waals surface area contributed by atoms with Crippen LogP contribution < -0.4 is 10.6 Å². The van der Waals surface area contributed by atoms with Gasteiger partial charge in [0.25, 0.3) is 0 Å². The van der Waals surface area contributed by atoms with Crippen LogP contribution in [0.2, 0.25) is 0 Å². The van der Waals surface area contributed by atoms with E-state index in [1.807, 2.05) is 0 Å². The van der Waals surface area contributed by atoms with Crippen molar-refractivity contribution in [3.05, 3.63) is 29.3 Å². The Hall–Kier alpha value is -2.14. The van der Waals surface area contributed by atoms with E-state index >= 15 is 0 Å². The van der Waals surface area contributed by atoms with Gasteiger partial charge in [-0.2, -0.15) is 26.3 Å². The molecule has 0 bridgehead atoms. The molecule has 2 N–H and O–H groups in total. The number of carbonyl (C=O) groups is 2. The van der Waals surface area contributed by atoms with Crippen molar-refractivity contribution >= 4 is 17.3 Å². The van der Waals surface area contributed by atoms with E-state index in [0.717, 1.165) is 51.6 Å². The molecular formula is C22H25F6N3O2. The van der Waals surface area contributed by atoms with Crippen molar-refractivity contribution in [2.24, 2.45) is 0 Å². The van der Waals surface area contributed by atoms with Crippen molar-refractivity contribution in [2.45, 2.75) is 75.0 Å². The number of nitrogens with one attached hydrogen (secondary N) is 2. The number of likely N-dealkylation sites (tertiary alicyclic amines) is 1. The van der Waals surface area contributed by atoms with Gasteiger partial charge in [-0.15, -0.1) is 0 Å². The Labute approximate surface area is 186 Å². The smallest absolute Gasteiger partial charge is 0.373 e. The van der Waals surface area contributed by atoms with E-state index in [4.69, 9.17) is 0 Å². The highest BCUT2D eigenvalue weighted by atomic mass is 19.4. The lowest BCUT2D eigenvalue weighted by molar-refractivity contribution is -0.146. The maximum Gasteiger partial charge on any atom is 0.416 e. The largest absolute Gasteiger partial charge is 0.416 e. The number of hydrogen-bond acceptors (Lipinski definition) is 5. The summed E-state index contributed by atoms with van der Waals surface area (Å²) in [6.07, 6.45) is -4.11. The number of rotatable bonds is 5. The van der Waals surface area contributed by atoms with Crippen LogP contribution in [-0.4, -0.2) is 53.7 Å². The molecule has 1 heterocycles. The lowest BCUT2D eigenvalue weighted by Crippen LogP contribution is -2.70. The normalized spacial score (nSPS) is 29.3. The summed E-state index contributed by atoms with van der Waals surface area (Å²) in [5.41, 5.74) is -3.47. The van der Waals surface area contributed by atoms with Crippen LogP contribution in [0, 0.1) is 0 Å². The van der Waals surface area contributed by atoms with Crippen LogP contribution in [0.3, 0.4) is 0 Å². The molecule has 0 amide bonds. The highest BCUT2D eigenvalue weighted by Crippen LogP contribution is 2.38. The van der Waals surface area contributed by atoms with Crippen molar-refractivity contribution in [3.8, 4) is 0 Å². The van der Waals surface area contributed by atoms with E-state index in [9.17, 15) is 35.9 Å². The molecule has 11 heteroatoms. The molecule has 1 aromatic carbocycles. The summed E-state index contributed by atoms with van der Waals surface area (Å²) in [6, 6.07) is -1.02. The maximum absolute atomic E-state index is 13.2. The lowest BCUT2D eigenvalue weighted by Gasteiger charge is -2.43. The standard InChI is InChI=1S/C22H25F6N3O2/c23-21(24,25)12-9-13(22(26,27)28)11-14(10-12)29-17-18(20(33)19(17)32)30-15-5-1-2-6-16(15)31-7-3-4-8-31/h9-11,15-18,29-30H,1-8H2/t15-,16-,17?,18?/m1/s1. The first-order valence-electron chi connectivity index (χ1n) is 11.1. The Morgan fingerprint density at radius 3 is 1.88 bits per heavy atom. The van der Waals surface area contributed by atoms with Crippen molar-refractivity contribution in [3.63, 3.8) is 0 Å². The van der Waals surface area contributed by atoms with Gasteiger partial charge in [-0.3, -0.25) is 14.5 Å². The van der Waals surface area contributed by atoms with Gasteiger partial charge < -0.3 is 10.6 Å². The number of ketones is 2. The van der Waals surface area contributed by atoms with Crippen molar-refractivity contribution in [1.29, 1.82) is 0 Å². The van der Waals surface area contributed by atoms with Gasteiger partial charge in [-0.25, -0.2) is 0 Å². The van der Waals surface area contributed by atoms with Gasteiger partial charge in [0.05, 0.1) is 11.1 Å². The van der Waals surface area contributed by atoms with Crippen LogP contribution >= 0.6 is 0 Å². The Morgan fingerprint density at radius 1 is 0.758 bits per heavy atom. The summed E-state index contributed by atoms with van der Waals surface area (Å²) in [4.78, 5) is 26.9. The molecule has 1 aliphatic heterocycles. The van der Waals surface area contributed by atoms with Crippen LogP contribution in [-0.2, 0) is 21.9 Å². The minimum atomic E-state index is -5.00. The van der Waals surface area contributed by atoms with E-state index in [1.165, 1.54) is 0 Å². The molecule has 0 aromatic heterocycles. The summed E-state index contributed by atoms with van der Waals surface area (Å²) < 4.78 is 78.9. The number of alkyl halides is 6. The van der Waals surface area contributed by atoms with Gasteiger partial charge in [-0.05, 0) is 57.0 Å². The van der Waals surface area contributed by atoms with E-state index in [1.54, 1.807) is 0 Å². The molecule has 0 radical (unpaired) electrons. The molecule has 2 saturated carbocycles. The molecule has 182 valence electrons. The third kappa shape index (κ3) is 5.03. The first-order chi connectivity index (χ1) is 15.4. The van der Waals surface area contributed by atoms with Crippen molar-refractivity contribution in [2.75, 3.05) is 18.4 Å². The van der Waals surface area contributed by atoms with Gasteiger partial charge in [-0.1, -0.05) is 12.8 Å². The van der Waals surface area contributed by atoms with Gasteiger partial charge in [0.2, 0.25) is 11.6 Å². The topological polar surface area (TPSA) is 61.4 Å². The molecule has 4 rings (SSSR count). The maximum atomic E-state index is 13.2. The van der Waals surface area contributed by atoms with Crippen LogP contribution in [0.4, 0.5) is 32.0 Å². The number of halogens is 6. The molecule has 0 spiro atoms. The first-order valence-corrected chi connectivity index (χ1v) is 11.1. The number of carbonyl (C=O) groups excluding carboxylic acids is 2. The zero-order chi connectivity index (χ0) is 24.0. The lowest BCUT2D eigenvalue weighted by atomic mass is 9.80. The fraction of sp³-hybridized carbons (Fsp3) is 0.636. The second-order valence-electron chi connectivity index (χ2n) is 8.99. The highest BCUT2D eigenvalue weighted by molar-refractivity contribution is 6.49. The average Bonchev–Trinajstić information content (AvgIpc) is 3.29. The summed E-state index contributed by atoms with van der Waals surface area (Å²) >= 11 is 0. The van der Waals surface area contributed by atoms with Crippen LogP contribution in [0.1, 0.15) is 49.7 Å². The monoisotopic (exact) mass is 477 g/mol. The fourth-order valence-electron chi connectivity index (χ4n) is 5.10. The number of Topliss-reactive ketones (excluding diaryl/α,β-unsaturated/α-hetero) is 2. The zero-order valence-corrected chi connectivity index (χ0v) is 17.7. The predicted octanol–water partition coefficient (Wildman–Crippen LogP) is 4.02. The Balaban J connectivity index is 1.54. The molecule has 3 fully saturated rings. The van der Waals surface area contributed by atoms with Crippen LogP contribution in [0.5, 0.6) is 0 Å². The third-order valence-electron chi connectivity index (χ3n) is 6.78. The van der Waals surface area contributed by atoms with Crippen molar-refractivity contribution in [1.82, 2.24) is 10.2 Å². The summed E-state index contributed by atoms with van der Waals surface area (Å²) in [6.45, 7) is 1.90. The number of hydrogen-bond donors (Lipinski definition) is 2. The van der Waals surface area contributed by atoms with Crippen LogP contribution in [0.15, 0.2) is 18.2 Å². The molecule has 2 unspecified atom stereocenters. The number of nitrogens with zero attached hydrogens (tertiary/aromatic N) is 1. The quantitative estimate of drug-likeness (QED) is 0.496.